The minimum Gasteiger partial charge on any atom is -0.435 e. The summed E-state index contributed by atoms with van der Waals surface area (Å²) < 4.78 is 8.93. The number of aromatic nitrogens is 1. The molecule has 0 saturated heterocycles. The van der Waals surface area contributed by atoms with E-state index in [2.05, 4.69) is 132 Å². The second-order valence-electron chi connectivity index (χ2n) is 11.6. The van der Waals surface area contributed by atoms with Gasteiger partial charge < -0.3 is 9.32 Å². The molecule has 0 fully saturated rings. The van der Waals surface area contributed by atoms with E-state index in [9.17, 15) is 0 Å². The van der Waals surface area contributed by atoms with Gasteiger partial charge in [-0.3, -0.25) is 0 Å². The van der Waals surface area contributed by atoms with Gasteiger partial charge in [-0.1, -0.05) is 109 Å². The summed E-state index contributed by atoms with van der Waals surface area (Å²) in [4.78, 5) is 7.18. The van der Waals surface area contributed by atoms with Crippen molar-refractivity contribution < 1.29 is 4.42 Å². The highest BCUT2D eigenvalue weighted by Crippen LogP contribution is 2.45. The second kappa shape index (κ2) is 11.4. The van der Waals surface area contributed by atoms with Crippen LogP contribution in [0.3, 0.4) is 0 Å². The number of hydrogen-bond donors (Lipinski definition) is 0. The third-order valence-corrected chi connectivity index (χ3v) is 9.86. The lowest BCUT2D eigenvalue weighted by atomic mass is 10.0. The van der Waals surface area contributed by atoms with E-state index >= 15 is 0 Å². The number of fused-ring (bicyclic) bond motifs is 4. The molecule has 9 aromatic rings. The Morgan fingerprint density at radius 3 is 1.81 bits per heavy atom. The Bertz CT molecular complexity index is 2500. The monoisotopic (exact) mass is 620 g/mol. The molecule has 0 radical (unpaired) electrons. The molecule has 4 heteroatoms. The summed E-state index contributed by atoms with van der Waals surface area (Å²) in [5, 5.41) is 2.54. The number of para-hydroxylation sites is 1. The minimum absolute atomic E-state index is 0.630. The predicted molar refractivity (Wildman–Crippen MR) is 198 cm³/mol. The van der Waals surface area contributed by atoms with Crippen LogP contribution in [-0.2, 0) is 0 Å². The topological polar surface area (TPSA) is 29.3 Å². The summed E-state index contributed by atoms with van der Waals surface area (Å²) in [7, 11) is 0. The molecule has 0 bridgehead atoms. The van der Waals surface area contributed by atoms with Crippen molar-refractivity contribution in [2.75, 3.05) is 4.90 Å². The molecule has 47 heavy (non-hydrogen) atoms. The molecule has 0 N–H and O–H groups in total. The molecular weight excluding hydrogens is 593 g/mol. The molecule has 0 unspecified atom stereocenters. The number of benzene rings is 7. The molecule has 2 heterocycles. The lowest BCUT2D eigenvalue weighted by molar-refractivity contribution is 0.621. The first-order valence-corrected chi connectivity index (χ1v) is 16.5. The van der Waals surface area contributed by atoms with Crippen LogP contribution in [0.4, 0.5) is 17.1 Å². The van der Waals surface area contributed by atoms with Crippen molar-refractivity contribution in [2.24, 2.45) is 0 Å². The van der Waals surface area contributed by atoms with E-state index in [4.69, 9.17) is 9.40 Å². The summed E-state index contributed by atoms with van der Waals surface area (Å²) in [6.07, 6.45) is 0. The van der Waals surface area contributed by atoms with Crippen LogP contribution in [0.25, 0.3) is 65.0 Å². The molecule has 0 spiro atoms. The largest absolute Gasteiger partial charge is 0.435 e. The summed E-state index contributed by atoms with van der Waals surface area (Å²) >= 11 is 1.84. The molecule has 0 aliphatic carbocycles. The molecule has 222 valence electrons. The van der Waals surface area contributed by atoms with Crippen molar-refractivity contribution in [3.8, 4) is 33.7 Å². The highest BCUT2D eigenvalue weighted by atomic mass is 32.1. The lowest BCUT2D eigenvalue weighted by Gasteiger charge is -2.27. The summed E-state index contributed by atoms with van der Waals surface area (Å²) in [5.74, 6) is 0.630. The third kappa shape index (κ3) is 4.87. The van der Waals surface area contributed by atoms with Gasteiger partial charge in [0.2, 0.25) is 5.89 Å². The fourth-order valence-electron chi connectivity index (χ4n) is 6.47. The maximum atomic E-state index is 6.36. The van der Waals surface area contributed by atoms with Crippen LogP contribution in [-0.4, -0.2) is 4.98 Å². The molecule has 7 aromatic carbocycles. The van der Waals surface area contributed by atoms with Gasteiger partial charge in [0.1, 0.15) is 5.52 Å². The minimum atomic E-state index is 0.630. The van der Waals surface area contributed by atoms with Crippen LogP contribution in [0.5, 0.6) is 0 Å². The van der Waals surface area contributed by atoms with E-state index < -0.39 is 0 Å². The van der Waals surface area contributed by atoms with Gasteiger partial charge in [0.05, 0.1) is 5.69 Å². The highest BCUT2D eigenvalue weighted by Gasteiger charge is 2.19. The Morgan fingerprint density at radius 1 is 0.468 bits per heavy atom. The summed E-state index contributed by atoms with van der Waals surface area (Å²) in [6, 6.07) is 59.8. The van der Waals surface area contributed by atoms with E-state index in [0.717, 1.165) is 44.9 Å². The van der Waals surface area contributed by atoms with Crippen LogP contribution in [0.15, 0.2) is 174 Å². The smallest absolute Gasteiger partial charge is 0.227 e. The van der Waals surface area contributed by atoms with Crippen LogP contribution >= 0.6 is 11.3 Å². The fraction of sp³-hybridized carbons (Fsp3) is 0. The van der Waals surface area contributed by atoms with Gasteiger partial charge in [0.25, 0.3) is 0 Å². The number of oxazole rings is 1. The number of thiophene rings is 1. The average Bonchev–Trinajstić information content (AvgIpc) is 3.76. The number of nitrogens with zero attached hydrogens (tertiary/aromatic N) is 2. The fourth-order valence-corrected chi connectivity index (χ4v) is 7.60. The molecule has 2 aromatic heterocycles. The van der Waals surface area contributed by atoms with Crippen LogP contribution in [0.1, 0.15) is 0 Å². The van der Waals surface area contributed by atoms with Gasteiger partial charge in [0, 0.05) is 42.7 Å². The molecule has 0 aliphatic heterocycles. The molecule has 0 atom stereocenters. The maximum Gasteiger partial charge on any atom is 0.227 e. The quantitative estimate of drug-likeness (QED) is 0.185. The van der Waals surface area contributed by atoms with Crippen molar-refractivity contribution in [1.29, 1.82) is 0 Å². The van der Waals surface area contributed by atoms with Crippen molar-refractivity contribution >= 4 is 59.7 Å². The standard InChI is InChI=1S/C43H28N2OS/c1-3-11-29(12-4-1)30-21-25-33(26-22-30)45(38-18-10-20-40-41(38)36-15-7-8-19-39(36)47-40)34-27-23-31(24-28-34)35-16-9-17-37-42(35)46-43(44-37)32-13-5-2-6-14-32/h1-28H. The third-order valence-electron chi connectivity index (χ3n) is 8.73. The van der Waals surface area contributed by atoms with Crippen molar-refractivity contribution in [3.05, 3.63) is 170 Å². The van der Waals surface area contributed by atoms with Crippen LogP contribution < -0.4 is 4.90 Å². The van der Waals surface area contributed by atoms with E-state index in [1.54, 1.807) is 0 Å². The summed E-state index contributed by atoms with van der Waals surface area (Å²) in [5.41, 5.74) is 10.4. The zero-order chi connectivity index (χ0) is 31.2. The molecule has 0 saturated carbocycles. The highest BCUT2D eigenvalue weighted by molar-refractivity contribution is 7.26. The van der Waals surface area contributed by atoms with Gasteiger partial charge in [-0.25, -0.2) is 4.98 Å². The molecule has 3 nitrogen and oxygen atoms in total. The number of anilines is 3. The van der Waals surface area contributed by atoms with Crippen molar-refractivity contribution in [2.45, 2.75) is 0 Å². The zero-order valence-corrected chi connectivity index (χ0v) is 26.2. The Kier molecular flexibility index (Phi) is 6.65. The Morgan fingerprint density at radius 2 is 1.06 bits per heavy atom. The normalized spacial score (nSPS) is 11.4. The van der Waals surface area contributed by atoms with Gasteiger partial charge >= 0.3 is 0 Å². The average molecular weight is 621 g/mol. The van der Waals surface area contributed by atoms with E-state index in [-0.39, 0.29) is 0 Å². The number of rotatable bonds is 6. The van der Waals surface area contributed by atoms with E-state index in [1.165, 1.54) is 31.3 Å². The Hall–Kier alpha value is -5.97. The Balaban J connectivity index is 1.17. The molecule has 9 rings (SSSR count). The first kappa shape index (κ1) is 27.3. The first-order chi connectivity index (χ1) is 23.3. The van der Waals surface area contributed by atoms with Crippen molar-refractivity contribution in [1.82, 2.24) is 4.98 Å². The van der Waals surface area contributed by atoms with E-state index in [0.29, 0.717) is 5.89 Å². The van der Waals surface area contributed by atoms with Gasteiger partial charge in [-0.2, -0.15) is 0 Å². The molecular formula is C43H28N2OS. The van der Waals surface area contributed by atoms with E-state index in [1.807, 2.05) is 53.8 Å². The first-order valence-electron chi connectivity index (χ1n) is 15.7. The van der Waals surface area contributed by atoms with Crippen LogP contribution in [0, 0.1) is 0 Å². The van der Waals surface area contributed by atoms with Crippen LogP contribution in [0.2, 0.25) is 0 Å². The lowest BCUT2D eigenvalue weighted by Crippen LogP contribution is -2.10. The summed E-state index contributed by atoms with van der Waals surface area (Å²) in [6.45, 7) is 0. The van der Waals surface area contributed by atoms with Gasteiger partial charge in [-0.05, 0) is 77.4 Å². The van der Waals surface area contributed by atoms with Crippen molar-refractivity contribution in [3.63, 3.8) is 0 Å². The SMILES string of the molecule is c1ccc(-c2ccc(N(c3ccc(-c4cccc5nc(-c6ccccc6)oc45)cc3)c3cccc4sc5ccccc5c34)cc2)cc1. The Labute approximate surface area is 276 Å². The van der Waals surface area contributed by atoms with Gasteiger partial charge in [0.15, 0.2) is 5.58 Å². The van der Waals surface area contributed by atoms with Gasteiger partial charge in [-0.15, -0.1) is 11.3 Å². The molecule has 0 amide bonds. The zero-order valence-electron chi connectivity index (χ0n) is 25.4. The molecule has 0 aliphatic rings. The second-order valence-corrected chi connectivity index (χ2v) is 12.7. The number of hydrogen-bond acceptors (Lipinski definition) is 4. The predicted octanol–water partition coefficient (Wildman–Crippen LogP) is 12.7. The maximum absolute atomic E-state index is 6.36.